The Labute approximate surface area is 214 Å². The number of nitrogens with one attached hydrogen (secondary N) is 1. The smallest absolute Gasteiger partial charge is 0.543 e. The second-order valence-corrected chi connectivity index (χ2v) is 8.65. The molecule has 0 rings (SSSR count). The molecular weight excluding hydrogens is 397 g/mol. The van der Waals surface area contributed by atoms with Gasteiger partial charge in [-0.1, -0.05) is 123 Å². The van der Waals surface area contributed by atoms with Crippen molar-refractivity contribution in [2.24, 2.45) is 0 Å². The molecule has 5 heteroatoms. The van der Waals surface area contributed by atoms with Crippen molar-refractivity contribution in [1.82, 2.24) is 5.32 Å². The first-order valence-electron chi connectivity index (χ1n) is 12.8. The molecule has 0 bridgehead atoms. The Bertz CT molecular complexity index is 452. The van der Waals surface area contributed by atoms with Crippen LogP contribution in [0.25, 0.3) is 0 Å². The van der Waals surface area contributed by atoms with E-state index in [0.29, 0.717) is 12.8 Å². The molecule has 31 heavy (non-hydrogen) atoms. The minimum atomic E-state index is -1.29. The second-order valence-electron chi connectivity index (χ2n) is 8.65. The van der Waals surface area contributed by atoms with Crippen LogP contribution in [-0.2, 0) is 9.59 Å². The fraction of sp³-hybridized carbons (Fsp3) is 0.846. The molecule has 4 nitrogen and oxygen atoms in total. The van der Waals surface area contributed by atoms with Gasteiger partial charge in [-0.2, -0.15) is 0 Å². The number of carboxylic acids is 1. The maximum Gasteiger partial charge on any atom is 1.00 e. The first kappa shape index (κ1) is 32.9. The standard InChI is InChI=1S/C26H49NO3.Na/c1-3-5-7-9-11-12-13-14-15-17-18-20-22-24(26(29)30)27-25(28)23-21-19-16-10-8-6-4-2;/h22H,3-21,23H2,1-2H3,(H,27,28)(H,29,30);/q;+1/p-1. The third-order valence-electron chi connectivity index (χ3n) is 5.66. The molecule has 0 aliphatic heterocycles. The number of allylic oxidation sites excluding steroid dienone is 1. The molecule has 0 unspecified atom stereocenters. The second kappa shape index (κ2) is 25.9. The summed E-state index contributed by atoms with van der Waals surface area (Å²) in [5.74, 6) is -1.50. The van der Waals surface area contributed by atoms with Crippen LogP contribution in [0, 0.1) is 0 Å². The van der Waals surface area contributed by atoms with Crippen LogP contribution >= 0.6 is 0 Å². The predicted octanol–water partition coefficient (Wildman–Crippen LogP) is 3.58. The van der Waals surface area contributed by atoms with Crippen LogP contribution < -0.4 is 40.0 Å². The van der Waals surface area contributed by atoms with Gasteiger partial charge in [-0.05, 0) is 19.3 Å². The van der Waals surface area contributed by atoms with Gasteiger partial charge in [0, 0.05) is 6.42 Å². The molecule has 0 aliphatic rings. The molecule has 0 fully saturated rings. The Morgan fingerprint density at radius 3 is 1.45 bits per heavy atom. The van der Waals surface area contributed by atoms with Crippen LogP contribution in [0.2, 0.25) is 0 Å². The van der Waals surface area contributed by atoms with Gasteiger partial charge >= 0.3 is 29.6 Å². The van der Waals surface area contributed by atoms with E-state index in [9.17, 15) is 14.7 Å². The zero-order valence-corrected chi connectivity index (χ0v) is 22.9. The van der Waals surface area contributed by atoms with E-state index < -0.39 is 5.97 Å². The Hall–Kier alpha value is -0.320. The number of hydrogen-bond donors (Lipinski definition) is 1. The third-order valence-corrected chi connectivity index (χ3v) is 5.66. The summed E-state index contributed by atoms with van der Waals surface area (Å²) in [6.07, 6.45) is 24.6. The average molecular weight is 446 g/mol. The van der Waals surface area contributed by atoms with Crippen molar-refractivity contribution < 1.29 is 44.3 Å². The van der Waals surface area contributed by atoms with Gasteiger partial charge in [0.1, 0.15) is 0 Å². The Balaban J connectivity index is 0. The maximum atomic E-state index is 12.0. The molecular formula is C26H48NNaO3. The van der Waals surface area contributed by atoms with E-state index in [1.165, 1.54) is 83.5 Å². The molecule has 0 radical (unpaired) electrons. The molecule has 0 saturated carbocycles. The summed E-state index contributed by atoms with van der Waals surface area (Å²) in [6.45, 7) is 4.44. The molecule has 0 aromatic heterocycles. The molecule has 1 amide bonds. The molecule has 0 aliphatic carbocycles. The Morgan fingerprint density at radius 1 is 0.645 bits per heavy atom. The van der Waals surface area contributed by atoms with Crippen LogP contribution in [0.4, 0.5) is 0 Å². The summed E-state index contributed by atoms with van der Waals surface area (Å²) in [7, 11) is 0. The van der Waals surface area contributed by atoms with E-state index in [1.807, 2.05) is 0 Å². The number of carboxylic acid groups (broad SMARTS) is 1. The van der Waals surface area contributed by atoms with Gasteiger partial charge in [0.2, 0.25) is 5.91 Å². The van der Waals surface area contributed by atoms with Gasteiger partial charge < -0.3 is 15.2 Å². The summed E-state index contributed by atoms with van der Waals surface area (Å²) >= 11 is 0. The van der Waals surface area contributed by atoms with Crippen molar-refractivity contribution in [2.45, 2.75) is 142 Å². The molecule has 0 aromatic carbocycles. The molecule has 0 aromatic rings. The van der Waals surface area contributed by atoms with Gasteiger partial charge in [-0.3, -0.25) is 4.79 Å². The fourth-order valence-electron chi connectivity index (χ4n) is 3.70. The summed E-state index contributed by atoms with van der Waals surface area (Å²) < 4.78 is 0. The van der Waals surface area contributed by atoms with Crippen LogP contribution in [-0.4, -0.2) is 11.9 Å². The van der Waals surface area contributed by atoms with Crippen molar-refractivity contribution in [3.63, 3.8) is 0 Å². The monoisotopic (exact) mass is 445 g/mol. The molecule has 0 saturated heterocycles. The number of unbranched alkanes of at least 4 members (excludes halogenated alkanes) is 17. The SMILES string of the molecule is CCCCCCCCCCCCCC=C(NC(=O)CCCCCCCCC)C(=O)[O-].[Na+]. The van der Waals surface area contributed by atoms with E-state index in [1.54, 1.807) is 6.08 Å². The average Bonchev–Trinajstić information content (AvgIpc) is 2.72. The van der Waals surface area contributed by atoms with E-state index in [0.717, 1.165) is 32.1 Å². The van der Waals surface area contributed by atoms with Crippen LogP contribution in [0.1, 0.15) is 142 Å². The number of carbonyl (C=O) groups is 2. The number of hydrogen-bond acceptors (Lipinski definition) is 3. The van der Waals surface area contributed by atoms with E-state index in [4.69, 9.17) is 0 Å². The quantitative estimate of drug-likeness (QED) is 0.157. The topological polar surface area (TPSA) is 69.2 Å². The summed E-state index contributed by atoms with van der Waals surface area (Å²) in [5, 5.41) is 13.8. The summed E-state index contributed by atoms with van der Waals surface area (Å²) in [5.41, 5.74) is -0.0602. The number of amides is 1. The normalized spacial score (nSPS) is 11.2. The summed E-state index contributed by atoms with van der Waals surface area (Å²) in [6, 6.07) is 0. The summed E-state index contributed by atoms with van der Waals surface area (Å²) in [4.78, 5) is 23.2. The Kier molecular flexibility index (Phi) is 27.5. The molecule has 0 spiro atoms. The van der Waals surface area contributed by atoms with Gasteiger partial charge in [0.05, 0.1) is 11.7 Å². The van der Waals surface area contributed by atoms with E-state index in [-0.39, 0.29) is 41.2 Å². The van der Waals surface area contributed by atoms with Gasteiger partial charge in [-0.15, -0.1) is 0 Å². The van der Waals surface area contributed by atoms with Gasteiger partial charge in [0.15, 0.2) is 0 Å². The number of aliphatic carboxylic acids is 1. The van der Waals surface area contributed by atoms with Gasteiger partial charge in [0.25, 0.3) is 0 Å². The zero-order chi connectivity index (χ0) is 22.3. The van der Waals surface area contributed by atoms with E-state index in [2.05, 4.69) is 19.2 Å². The van der Waals surface area contributed by atoms with Crippen molar-refractivity contribution in [3.05, 3.63) is 11.8 Å². The predicted molar refractivity (Wildman–Crippen MR) is 125 cm³/mol. The zero-order valence-electron chi connectivity index (χ0n) is 20.9. The largest absolute Gasteiger partial charge is 1.00 e. The van der Waals surface area contributed by atoms with Crippen LogP contribution in [0.5, 0.6) is 0 Å². The Morgan fingerprint density at radius 2 is 1.03 bits per heavy atom. The van der Waals surface area contributed by atoms with Crippen molar-refractivity contribution >= 4 is 11.9 Å². The van der Waals surface area contributed by atoms with Crippen molar-refractivity contribution in [1.29, 1.82) is 0 Å². The number of carbonyl (C=O) groups excluding carboxylic acids is 2. The van der Waals surface area contributed by atoms with Crippen LogP contribution in [0.15, 0.2) is 11.8 Å². The molecule has 1 N–H and O–H groups in total. The van der Waals surface area contributed by atoms with E-state index >= 15 is 0 Å². The fourth-order valence-corrected chi connectivity index (χ4v) is 3.70. The maximum absolute atomic E-state index is 12.0. The molecule has 176 valence electrons. The first-order chi connectivity index (χ1) is 14.6. The van der Waals surface area contributed by atoms with Crippen molar-refractivity contribution in [2.75, 3.05) is 0 Å². The van der Waals surface area contributed by atoms with Crippen LogP contribution in [0.3, 0.4) is 0 Å². The number of rotatable bonds is 22. The molecule has 0 heterocycles. The van der Waals surface area contributed by atoms with Gasteiger partial charge in [-0.25, -0.2) is 0 Å². The minimum absolute atomic E-state index is 0. The third kappa shape index (κ3) is 24.2. The first-order valence-corrected chi connectivity index (χ1v) is 12.8. The van der Waals surface area contributed by atoms with Crippen molar-refractivity contribution in [3.8, 4) is 0 Å². The molecule has 0 atom stereocenters. The minimum Gasteiger partial charge on any atom is -0.543 e.